The lowest BCUT2D eigenvalue weighted by Gasteiger charge is -2.05. The van der Waals surface area contributed by atoms with E-state index in [0.717, 1.165) is 6.54 Å². The Kier molecular flexibility index (Phi) is 5.22. The number of phenols is 1. The van der Waals surface area contributed by atoms with Gasteiger partial charge in [-0.25, -0.2) is 0 Å². The molecule has 0 aliphatic rings. The van der Waals surface area contributed by atoms with Crippen LogP contribution in [0.2, 0.25) is 0 Å². The summed E-state index contributed by atoms with van der Waals surface area (Å²) in [5, 5.41) is 17.0. The van der Waals surface area contributed by atoms with Gasteiger partial charge in [-0.3, -0.25) is 5.43 Å². The molecule has 0 bridgehead atoms. The Morgan fingerprint density at radius 3 is 3.00 bits per heavy atom. The van der Waals surface area contributed by atoms with Gasteiger partial charge in [0.15, 0.2) is 16.6 Å². The van der Waals surface area contributed by atoms with Gasteiger partial charge in [-0.15, -0.1) is 0 Å². The average Bonchev–Trinajstić information content (AvgIpc) is 2.32. The first-order valence-corrected chi connectivity index (χ1v) is 5.52. The van der Waals surface area contributed by atoms with E-state index in [4.69, 9.17) is 17.0 Å². The highest BCUT2D eigenvalue weighted by Gasteiger charge is 2.04. The van der Waals surface area contributed by atoms with Crippen molar-refractivity contribution in [2.24, 2.45) is 5.10 Å². The smallest absolute Gasteiger partial charge is 0.186 e. The molecule has 5 nitrogen and oxygen atoms in total. The molecule has 1 rings (SSSR count). The van der Waals surface area contributed by atoms with Crippen molar-refractivity contribution < 1.29 is 9.84 Å². The quantitative estimate of drug-likeness (QED) is 0.428. The van der Waals surface area contributed by atoms with Crippen molar-refractivity contribution >= 4 is 23.5 Å². The second kappa shape index (κ2) is 6.70. The summed E-state index contributed by atoms with van der Waals surface area (Å²) in [4.78, 5) is 0. The molecule has 0 aromatic heterocycles. The molecular formula is C11H15N3O2S. The van der Waals surface area contributed by atoms with Gasteiger partial charge in [-0.05, 0) is 31.3 Å². The number of nitrogens with one attached hydrogen (secondary N) is 2. The maximum atomic E-state index is 9.76. The number of aromatic hydroxyl groups is 1. The van der Waals surface area contributed by atoms with E-state index in [1.165, 1.54) is 13.3 Å². The van der Waals surface area contributed by atoms with Gasteiger partial charge in [0.25, 0.3) is 0 Å². The lowest BCUT2D eigenvalue weighted by Crippen LogP contribution is -2.31. The summed E-state index contributed by atoms with van der Waals surface area (Å²) in [6.07, 6.45) is 1.47. The number of rotatable bonds is 4. The molecule has 1 aromatic carbocycles. The first-order valence-electron chi connectivity index (χ1n) is 5.12. The van der Waals surface area contributed by atoms with Crippen LogP contribution in [0.1, 0.15) is 12.5 Å². The summed E-state index contributed by atoms with van der Waals surface area (Å²) in [7, 11) is 1.49. The average molecular weight is 253 g/mol. The highest BCUT2D eigenvalue weighted by atomic mass is 32.1. The number of nitrogens with zero attached hydrogens (tertiary/aromatic N) is 1. The first-order chi connectivity index (χ1) is 8.19. The van der Waals surface area contributed by atoms with Gasteiger partial charge < -0.3 is 15.2 Å². The molecule has 0 fully saturated rings. The Morgan fingerprint density at radius 1 is 1.59 bits per heavy atom. The van der Waals surface area contributed by atoms with Crippen LogP contribution in [0.5, 0.6) is 11.5 Å². The van der Waals surface area contributed by atoms with Gasteiger partial charge in [0.1, 0.15) is 0 Å². The summed E-state index contributed by atoms with van der Waals surface area (Å²) in [6.45, 7) is 2.66. The Hall–Kier alpha value is -1.82. The van der Waals surface area contributed by atoms with Crippen LogP contribution in [0.25, 0.3) is 0 Å². The van der Waals surface area contributed by atoms with Gasteiger partial charge in [0.05, 0.1) is 13.3 Å². The highest BCUT2D eigenvalue weighted by Crippen LogP contribution is 2.27. The van der Waals surface area contributed by atoms with Gasteiger partial charge in [-0.2, -0.15) is 5.10 Å². The molecule has 0 aliphatic carbocycles. The van der Waals surface area contributed by atoms with Crippen LogP contribution in [0, 0.1) is 0 Å². The maximum Gasteiger partial charge on any atom is 0.186 e. The van der Waals surface area contributed by atoms with E-state index in [1.54, 1.807) is 18.2 Å². The second-order valence-corrected chi connectivity index (χ2v) is 3.54. The molecule has 92 valence electrons. The zero-order valence-electron chi connectivity index (χ0n) is 9.73. The van der Waals surface area contributed by atoms with E-state index in [2.05, 4.69) is 15.8 Å². The number of para-hydroxylation sites is 1. The van der Waals surface area contributed by atoms with E-state index >= 15 is 0 Å². The number of phenolic OH excluding ortho intramolecular Hbond substituents is 1. The van der Waals surface area contributed by atoms with Crippen molar-refractivity contribution in [2.45, 2.75) is 6.92 Å². The fourth-order valence-corrected chi connectivity index (χ4v) is 1.37. The third-order valence-corrected chi connectivity index (χ3v) is 2.19. The van der Waals surface area contributed by atoms with Crippen LogP contribution >= 0.6 is 12.2 Å². The summed E-state index contributed by atoms with van der Waals surface area (Å²) >= 11 is 4.93. The molecule has 6 heteroatoms. The lowest BCUT2D eigenvalue weighted by molar-refractivity contribution is 0.373. The van der Waals surface area contributed by atoms with Crippen LogP contribution in [-0.2, 0) is 0 Å². The van der Waals surface area contributed by atoms with Crippen molar-refractivity contribution in [3.63, 3.8) is 0 Å². The van der Waals surface area contributed by atoms with Gasteiger partial charge in [0, 0.05) is 12.1 Å². The third-order valence-electron chi connectivity index (χ3n) is 1.96. The van der Waals surface area contributed by atoms with E-state index in [1.807, 2.05) is 6.92 Å². The Bertz CT molecular complexity index is 421. The van der Waals surface area contributed by atoms with Crippen LogP contribution < -0.4 is 15.5 Å². The normalized spacial score (nSPS) is 10.2. The van der Waals surface area contributed by atoms with Crippen molar-refractivity contribution in [1.29, 1.82) is 0 Å². The minimum atomic E-state index is 0.0509. The molecule has 0 atom stereocenters. The standard InChI is InChI=1S/C11H15N3O2S/c1-3-12-11(17)14-13-7-8-5-4-6-9(16-2)10(8)15/h4-7,15H,3H2,1-2H3,(H2,12,14,17). The molecule has 0 radical (unpaired) electrons. The van der Waals surface area contributed by atoms with Crippen LogP contribution in [0.3, 0.4) is 0 Å². The molecule has 0 heterocycles. The van der Waals surface area contributed by atoms with Crippen LogP contribution in [0.4, 0.5) is 0 Å². The molecule has 0 spiro atoms. The summed E-state index contributed by atoms with van der Waals surface area (Å²) in [5.74, 6) is 0.457. The molecule has 0 aliphatic heterocycles. The Labute approximate surface area is 105 Å². The largest absolute Gasteiger partial charge is 0.504 e. The number of benzene rings is 1. The molecule has 1 aromatic rings. The number of hydrazone groups is 1. The SMILES string of the molecule is CCNC(=S)NN=Cc1cccc(OC)c1O. The predicted octanol–water partition coefficient (Wildman–Crippen LogP) is 1.22. The number of ether oxygens (including phenoxy) is 1. The molecule has 17 heavy (non-hydrogen) atoms. The van der Waals surface area contributed by atoms with Gasteiger partial charge in [0.2, 0.25) is 0 Å². The summed E-state index contributed by atoms with van der Waals surface area (Å²) in [6, 6.07) is 5.16. The zero-order valence-corrected chi connectivity index (χ0v) is 10.5. The van der Waals surface area contributed by atoms with Crippen molar-refractivity contribution in [2.75, 3.05) is 13.7 Å². The molecular weight excluding hydrogens is 238 g/mol. The molecule has 0 saturated heterocycles. The first kappa shape index (κ1) is 13.2. The number of methoxy groups -OCH3 is 1. The Morgan fingerprint density at radius 2 is 2.35 bits per heavy atom. The van der Waals surface area contributed by atoms with Gasteiger partial charge >= 0.3 is 0 Å². The number of thiocarbonyl (C=S) groups is 1. The van der Waals surface area contributed by atoms with Crippen molar-refractivity contribution in [1.82, 2.24) is 10.7 Å². The van der Waals surface area contributed by atoms with E-state index in [9.17, 15) is 5.11 Å². The summed E-state index contributed by atoms with van der Waals surface area (Å²) in [5.41, 5.74) is 3.19. The van der Waals surface area contributed by atoms with E-state index < -0.39 is 0 Å². The van der Waals surface area contributed by atoms with Crippen LogP contribution in [-0.4, -0.2) is 30.1 Å². The van der Waals surface area contributed by atoms with Crippen LogP contribution in [0.15, 0.2) is 23.3 Å². The number of hydrogen-bond donors (Lipinski definition) is 3. The molecule has 0 amide bonds. The maximum absolute atomic E-state index is 9.76. The number of hydrogen-bond acceptors (Lipinski definition) is 4. The highest BCUT2D eigenvalue weighted by molar-refractivity contribution is 7.80. The van der Waals surface area contributed by atoms with E-state index in [0.29, 0.717) is 16.4 Å². The monoisotopic (exact) mass is 253 g/mol. The van der Waals surface area contributed by atoms with Gasteiger partial charge in [-0.1, -0.05) is 6.07 Å². The van der Waals surface area contributed by atoms with E-state index in [-0.39, 0.29) is 5.75 Å². The molecule has 3 N–H and O–H groups in total. The second-order valence-electron chi connectivity index (χ2n) is 3.13. The lowest BCUT2D eigenvalue weighted by atomic mass is 10.2. The minimum absolute atomic E-state index is 0.0509. The third kappa shape index (κ3) is 3.92. The fraction of sp³-hybridized carbons (Fsp3) is 0.273. The molecule has 0 saturated carbocycles. The topological polar surface area (TPSA) is 65.9 Å². The fourth-order valence-electron chi connectivity index (χ4n) is 1.17. The molecule has 0 unspecified atom stereocenters. The van der Waals surface area contributed by atoms with Crippen molar-refractivity contribution in [3.05, 3.63) is 23.8 Å². The minimum Gasteiger partial charge on any atom is -0.504 e. The van der Waals surface area contributed by atoms with Crippen molar-refractivity contribution in [3.8, 4) is 11.5 Å². The Balaban J connectivity index is 2.68. The predicted molar refractivity (Wildman–Crippen MR) is 71.7 cm³/mol. The zero-order chi connectivity index (χ0) is 12.7. The summed E-state index contributed by atoms with van der Waals surface area (Å²) < 4.78 is 4.98.